The van der Waals surface area contributed by atoms with E-state index in [0.29, 0.717) is 0 Å². The number of hydrogen-bond donors (Lipinski definition) is 1. The van der Waals surface area contributed by atoms with E-state index in [9.17, 15) is 5.11 Å². The topological polar surface area (TPSA) is 23.5 Å². The average molecular weight is 195 g/mol. The second-order valence-electron chi connectivity index (χ2n) is 3.91. The van der Waals surface area contributed by atoms with Crippen molar-refractivity contribution in [1.82, 2.24) is 4.90 Å². The fourth-order valence-corrected chi connectivity index (χ4v) is 1.56. The van der Waals surface area contributed by atoms with Crippen LogP contribution in [0.25, 0.3) is 0 Å². The molecule has 2 nitrogen and oxygen atoms in total. The molecule has 0 spiro atoms. The Morgan fingerprint density at radius 3 is 3.00 bits per heavy atom. The highest BCUT2D eigenvalue weighted by molar-refractivity contribution is 5.19. The molecule has 0 radical (unpaired) electrons. The van der Waals surface area contributed by atoms with Gasteiger partial charge in [0.2, 0.25) is 0 Å². The molecule has 14 heavy (non-hydrogen) atoms. The number of allylic oxidation sites excluding steroid dienone is 2. The van der Waals surface area contributed by atoms with Crippen LogP contribution in [-0.4, -0.2) is 29.2 Å². The number of nitrogens with zero attached hydrogens (tertiary/aromatic N) is 1. The minimum atomic E-state index is -0.190. The molecule has 0 amide bonds. The zero-order valence-corrected chi connectivity index (χ0v) is 9.24. The molecule has 0 aliphatic carbocycles. The van der Waals surface area contributed by atoms with E-state index in [1.807, 2.05) is 6.92 Å². The molecule has 0 fully saturated rings. The Morgan fingerprint density at radius 1 is 1.57 bits per heavy atom. The minimum Gasteiger partial charge on any atom is -0.393 e. The Kier molecular flexibility index (Phi) is 4.74. The Labute approximate surface area is 86.9 Å². The van der Waals surface area contributed by atoms with E-state index in [2.05, 4.69) is 30.2 Å². The molecule has 1 aliphatic heterocycles. The van der Waals surface area contributed by atoms with Crippen LogP contribution in [0.2, 0.25) is 0 Å². The predicted molar refractivity (Wildman–Crippen MR) is 60.0 cm³/mol. The molecule has 0 bridgehead atoms. The van der Waals surface area contributed by atoms with Gasteiger partial charge in [-0.15, -0.1) is 0 Å². The maximum atomic E-state index is 9.19. The van der Waals surface area contributed by atoms with Gasteiger partial charge in [-0.25, -0.2) is 0 Å². The molecule has 1 rings (SSSR count). The molecule has 80 valence electrons. The smallest absolute Gasteiger partial charge is 0.0528 e. The third kappa shape index (κ3) is 3.97. The lowest BCUT2D eigenvalue weighted by Gasteiger charge is -2.19. The SMILES string of the molecule is CCC1=CCCN(CC[C@@H](C)O)C=C1. The molecule has 1 atom stereocenters. The van der Waals surface area contributed by atoms with E-state index in [1.54, 1.807) is 0 Å². The van der Waals surface area contributed by atoms with Crippen molar-refractivity contribution < 1.29 is 5.11 Å². The van der Waals surface area contributed by atoms with Gasteiger partial charge in [0.1, 0.15) is 0 Å². The molecule has 1 heterocycles. The summed E-state index contributed by atoms with van der Waals surface area (Å²) in [5, 5.41) is 9.19. The van der Waals surface area contributed by atoms with Crippen LogP contribution in [0.4, 0.5) is 0 Å². The Morgan fingerprint density at radius 2 is 2.36 bits per heavy atom. The van der Waals surface area contributed by atoms with Gasteiger partial charge < -0.3 is 10.0 Å². The van der Waals surface area contributed by atoms with Crippen molar-refractivity contribution in [3.05, 3.63) is 23.9 Å². The average Bonchev–Trinajstić information content (AvgIpc) is 2.39. The van der Waals surface area contributed by atoms with E-state index in [1.165, 1.54) is 5.57 Å². The summed E-state index contributed by atoms with van der Waals surface area (Å²) < 4.78 is 0. The van der Waals surface area contributed by atoms with Crippen LogP contribution >= 0.6 is 0 Å². The molecule has 0 saturated heterocycles. The first-order valence-corrected chi connectivity index (χ1v) is 5.51. The highest BCUT2D eigenvalue weighted by Gasteiger charge is 2.04. The predicted octanol–water partition coefficient (Wildman–Crippen LogP) is 2.31. The van der Waals surface area contributed by atoms with Crippen LogP contribution in [0, 0.1) is 0 Å². The summed E-state index contributed by atoms with van der Waals surface area (Å²) in [6.45, 7) is 6.06. The first-order valence-electron chi connectivity index (χ1n) is 5.51. The van der Waals surface area contributed by atoms with Gasteiger partial charge in [-0.3, -0.25) is 0 Å². The Hall–Kier alpha value is -0.760. The van der Waals surface area contributed by atoms with E-state index < -0.39 is 0 Å². The van der Waals surface area contributed by atoms with Gasteiger partial charge >= 0.3 is 0 Å². The summed E-state index contributed by atoms with van der Waals surface area (Å²) in [7, 11) is 0. The summed E-state index contributed by atoms with van der Waals surface area (Å²) in [6.07, 6.45) is 9.55. The molecule has 0 aromatic heterocycles. The first kappa shape index (κ1) is 11.3. The molecule has 0 unspecified atom stereocenters. The molecule has 0 aromatic rings. The van der Waals surface area contributed by atoms with E-state index in [0.717, 1.165) is 32.4 Å². The lowest BCUT2D eigenvalue weighted by atomic mass is 10.2. The molecular formula is C12H21NO. The van der Waals surface area contributed by atoms with Crippen LogP contribution in [0.1, 0.15) is 33.1 Å². The zero-order valence-electron chi connectivity index (χ0n) is 9.24. The summed E-state index contributed by atoms with van der Waals surface area (Å²) >= 11 is 0. The second kappa shape index (κ2) is 5.86. The van der Waals surface area contributed by atoms with Crippen LogP contribution in [0.15, 0.2) is 23.9 Å². The van der Waals surface area contributed by atoms with Crippen molar-refractivity contribution in [3.63, 3.8) is 0 Å². The van der Waals surface area contributed by atoms with Gasteiger partial charge in [0, 0.05) is 13.1 Å². The van der Waals surface area contributed by atoms with Gasteiger partial charge in [0.15, 0.2) is 0 Å². The monoisotopic (exact) mass is 195 g/mol. The van der Waals surface area contributed by atoms with Crippen LogP contribution in [-0.2, 0) is 0 Å². The van der Waals surface area contributed by atoms with E-state index in [-0.39, 0.29) is 6.10 Å². The minimum absolute atomic E-state index is 0.190. The van der Waals surface area contributed by atoms with E-state index in [4.69, 9.17) is 0 Å². The largest absolute Gasteiger partial charge is 0.393 e. The summed E-state index contributed by atoms with van der Waals surface area (Å²) in [5.41, 5.74) is 1.42. The standard InChI is InChI=1S/C12H21NO/c1-3-12-5-4-8-13(10-7-12)9-6-11(2)14/h5,7,10-11,14H,3-4,6,8-9H2,1-2H3/t11-/m1/s1. The Bertz CT molecular complexity index is 218. The van der Waals surface area contributed by atoms with Crippen LogP contribution in [0.3, 0.4) is 0 Å². The number of aliphatic hydroxyl groups excluding tert-OH is 1. The normalized spacial score (nSPS) is 19.1. The van der Waals surface area contributed by atoms with Crippen molar-refractivity contribution in [1.29, 1.82) is 0 Å². The highest BCUT2D eigenvalue weighted by atomic mass is 16.3. The number of hydrogen-bond acceptors (Lipinski definition) is 2. The zero-order chi connectivity index (χ0) is 10.4. The maximum Gasteiger partial charge on any atom is 0.0528 e. The summed E-state index contributed by atoms with van der Waals surface area (Å²) in [4.78, 5) is 2.28. The molecule has 1 N–H and O–H groups in total. The van der Waals surface area contributed by atoms with Crippen molar-refractivity contribution in [2.24, 2.45) is 0 Å². The van der Waals surface area contributed by atoms with Gasteiger partial charge in [0.05, 0.1) is 6.10 Å². The quantitative estimate of drug-likeness (QED) is 0.744. The third-order valence-corrected chi connectivity index (χ3v) is 2.56. The molecular weight excluding hydrogens is 174 g/mol. The van der Waals surface area contributed by atoms with Gasteiger partial charge in [0.25, 0.3) is 0 Å². The molecule has 1 aliphatic rings. The van der Waals surface area contributed by atoms with Crippen molar-refractivity contribution >= 4 is 0 Å². The highest BCUT2D eigenvalue weighted by Crippen LogP contribution is 2.11. The number of aliphatic hydroxyl groups is 1. The first-order chi connectivity index (χ1) is 6.72. The van der Waals surface area contributed by atoms with Crippen molar-refractivity contribution in [2.45, 2.75) is 39.2 Å². The molecule has 2 heteroatoms. The van der Waals surface area contributed by atoms with Gasteiger partial charge in [-0.05, 0) is 38.5 Å². The summed E-state index contributed by atoms with van der Waals surface area (Å²) in [6, 6.07) is 0. The maximum absolute atomic E-state index is 9.19. The lowest BCUT2D eigenvalue weighted by Crippen LogP contribution is -2.21. The number of rotatable bonds is 4. The van der Waals surface area contributed by atoms with Crippen molar-refractivity contribution in [3.8, 4) is 0 Å². The second-order valence-corrected chi connectivity index (χ2v) is 3.91. The van der Waals surface area contributed by atoms with Gasteiger partial charge in [-0.2, -0.15) is 0 Å². The summed E-state index contributed by atoms with van der Waals surface area (Å²) in [5.74, 6) is 0. The van der Waals surface area contributed by atoms with Crippen LogP contribution in [0.5, 0.6) is 0 Å². The molecule has 0 saturated carbocycles. The van der Waals surface area contributed by atoms with E-state index >= 15 is 0 Å². The van der Waals surface area contributed by atoms with Gasteiger partial charge in [-0.1, -0.05) is 18.6 Å². The lowest BCUT2D eigenvalue weighted by molar-refractivity contribution is 0.169. The Balaban J connectivity index is 2.36. The fourth-order valence-electron chi connectivity index (χ4n) is 1.56. The fraction of sp³-hybridized carbons (Fsp3) is 0.667. The van der Waals surface area contributed by atoms with Crippen LogP contribution < -0.4 is 0 Å². The van der Waals surface area contributed by atoms with Crippen molar-refractivity contribution in [2.75, 3.05) is 13.1 Å². The molecule has 0 aromatic carbocycles. The third-order valence-electron chi connectivity index (χ3n) is 2.56.